The highest BCUT2D eigenvalue weighted by atomic mass is 16.5. The smallest absolute Gasteiger partial charge is 0.254 e. The number of nitriles is 1. The predicted octanol–water partition coefficient (Wildman–Crippen LogP) is 1.87. The minimum atomic E-state index is -0.627. The summed E-state index contributed by atoms with van der Waals surface area (Å²) in [6.45, 7) is 2.47. The monoisotopic (exact) mass is 418 g/mol. The van der Waals surface area contributed by atoms with Gasteiger partial charge in [-0.2, -0.15) is 5.26 Å². The minimum absolute atomic E-state index is 0.0499. The molecule has 0 unspecified atom stereocenters. The van der Waals surface area contributed by atoms with Crippen LogP contribution in [-0.2, 0) is 22.5 Å². The third-order valence-electron chi connectivity index (χ3n) is 5.73. The summed E-state index contributed by atoms with van der Waals surface area (Å²) >= 11 is 0. The Kier molecular flexibility index (Phi) is 6.31. The number of hydrogen-bond donors (Lipinski definition) is 2. The van der Waals surface area contributed by atoms with Crippen LogP contribution in [-0.4, -0.2) is 55.6 Å². The molecule has 1 saturated heterocycles. The van der Waals surface area contributed by atoms with Crippen LogP contribution >= 0.6 is 0 Å². The van der Waals surface area contributed by atoms with Crippen LogP contribution in [0.3, 0.4) is 0 Å². The first-order chi connectivity index (χ1) is 15.0. The molecule has 0 aromatic heterocycles. The van der Waals surface area contributed by atoms with Crippen molar-refractivity contribution in [3.8, 4) is 17.2 Å². The molecule has 2 amide bonds. The molecule has 0 saturated carbocycles. The number of nitrogens with zero attached hydrogens (tertiary/aromatic N) is 2. The zero-order valence-electron chi connectivity index (χ0n) is 17.6. The Labute approximate surface area is 182 Å². The van der Waals surface area contributed by atoms with Crippen molar-refractivity contribution in [3.05, 3.63) is 59.2 Å². The first kappa shape index (κ1) is 21.0. The number of benzene rings is 2. The van der Waals surface area contributed by atoms with Gasteiger partial charge >= 0.3 is 0 Å². The molecule has 31 heavy (non-hydrogen) atoms. The van der Waals surface area contributed by atoms with Crippen LogP contribution < -0.4 is 10.6 Å². The Morgan fingerprint density at radius 2 is 2.06 bits per heavy atom. The molecule has 2 aliphatic heterocycles. The molecule has 2 atom stereocenters. The van der Waals surface area contributed by atoms with Gasteiger partial charge in [-0.1, -0.05) is 36.4 Å². The SMILES string of the molecule is CN1Cc2ccc(-c3ccc(C[C@H](C#N)NC(=O)[C@@H]4CNCCCO4)cc3)cc2C1=O. The number of rotatable bonds is 5. The molecule has 0 radical (unpaired) electrons. The molecule has 2 heterocycles. The second-order valence-electron chi connectivity index (χ2n) is 8.04. The van der Waals surface area contributed by atoms with E-state index in [2.05, 4.69) is 16.7 Å². The fourth-order valence-electron chi connectivity index (χ4n) is 3.97. The highest BCUT2D eigenvalue weighted by Crippen LogP contribution is 2.28. The van der Waals surface area contributed by atoms with E-state index in [1.807, 2.05) is 42.5 Å². The van der Waals surface area contributed by atoms with Crippen LogP contribution in [0.1, 0.15) is 27.9 Å². The average Bonchev–Trinajstić information content (AvgIpc) is 2.96. The quantitative estimate of drug-likeness (QED) is 0.773. The first-order valence-corrected chi connectivity index (χ1v) is 10.5. The van der Waals surface area contributed by atoms with Crippen molar-refractivity contribution < 1.29 is 14.3 Å². The Balaban J connectivity index is 1.40. The fraction of sp³-hybridized carbons (Fsp3) is 0.375. The second kappa shape index (κ2) is 9.29. The molecule has 0 aliphatic carbocycles. The topological polar surface area (TPSA) is 94.5 Å². The Morgan fingerprint density at radius 1 is 1.29 bits per heavy atom. The molecule has 2 aromatic rings. The van der Waals surface area contributed by atoms with E-state index in [0.717, 1.165) is 40.8 Å². The fourth-order valence-corrected chi connectivity index (χ4v) is 3.97. The van der Waals surface area contributed by atoms with Gasteiger partial charge in [0.25, 0.3) is 11.8 Å². The van der Waals surface area contributed by atoms with E-state index in [9.17, 15) is 14.9 Å². The molecule has 0 bridgehead atoms. The van der Waals surface area contributed by atoms with Crippen molar-refractivity contribution >= 4 is 11.8 Å². The zero-order chi connectivity index (χ0) is 21.8. The summed E-state index contributed by atoms with van der Waals surface area (Å²) < 4.78 is 5.56. The standard InChI is InChI=1S/C24H26N4O3/c1-28-15-19-8-7-18(12-21(19)24(28)30)17-5-3-16(4-6-17)11-20(13-25)27-23(29)22-14-26-9-2-10-31-22/h3-8,12,20,22,26H,2,9-11,14-15H2,1H3,(H,27,29)/t20-,22+/m1/s1. The van der Waals surface area contributed by atoms with Crippen LogP contribution in [0.4, 0.5) is 0 Å². The number of fused-ring (bicyclic) bond motifs is 1. The number of hydrogen-bond acceptors (Lipinski definition) is 5. The Hall–Kier alpha value is -3.21. The minimum Gasteiger partial charge on any atom is -0.367 e. The number of nitrogens with one attached hydrogen (secondary N) is 2. The Morgan fingerprint density at radius 3 is 2.84 bits per heavy atom. The average molecular weight is 418 g/mol. The molecule has 2 aliphatic rings. The maximum Gasteiger partial charge on any atom is 0.254 e. The van der Waals surface area contributed by atoms with Gasteiger partial charge in [0, 0.05) is 38.7 Å². The molecular weight excluding hydrogens is 392 g/mol. The molecule has 1 fully saturated rings. The number of amides is 2. The summed E-state index contributed by atoms with van der Waals surface area (Å²) in [6, 6.07) is 15.4. The zero-order valence-corrected chi connectivity index (χ0v) is 17.6. The molecular formula is C24H26N4O3. The lowest BCUT2D eigenvalue weighted by Crippen LogP contribution is -2.46. The summed E-state index contributed by atoms with van der Waals surface area (Å²) in [5.41, 5.74) is 4.74. The van der Waals surface area contributed by atoms with Crippen molar-refractivity contribution in [2.24, 2.45) is 0 Å². The maximum absolute atomic E-state index is 12.4. The van der Waals surface area contributed by atoms with Gasteiger partial charge in [0.2, 0.25) is 0 Å². The first-order valence-electron chi connectivity index (χ1n) is 10.5. The Bertz CT molecular complexity index is 1000. The van der Waals surface area contributed by atoms with E-state index >= 15 is 0 Å². The van der Waals surface area contributed by atoms with Gasteiger partial charge in [-0.3, -0.25) is 9.59 Å². The molecule has 7 heteroatoms. The van der Waals surface area contributed by atoms with E-state index < -0.39 is 12.1 Å². The van der Waals surface area contributed by atoms with Gasteiger partial charge < -0.3 is 20.3 Å². The van der Waals surface area contributed by atoms with E-state index in [0.29, 0.717) is 26.1 Å². The summed E-state index contributed by atoms with van der Waals surface area (Å²) in [7, 11) is 1.81. The van der Waals surface area contributed by atoms with Gasteiger partial charge in [-0.05, 0) is 41.3 Å². The molecule has 7 nitrogen and oxygen atoms in total. The molecule has 0 spiro atoms. The van der Waals surface area contributed by atoms with Gasteiger partial charge in [-0.15, -0.1) is 0 Å². The summed E-state index contributed by atoms with van der Waals surface area (Å²) in [5, 5.41) is 15.5. The molecule has 4 rings (SSSR count). The second-order valence-corrected chi connectivity index (χ2v) is 8.04. The summed E-state index contributed by atoms with van der Waals surface area (Å²) in [4.78, 5) is 26.4. The number of carbonyl (C=O) groups excluding carboxylic acids is 2. The highest BCUT2D eigenvalue weighted by molar-refractivity contribution is 5.99. The van der Waals surface area contributed by atoms with Gasteiger partial charge in [-0.25, -0.2) is 0 Å². The van der Waals surface area contributed by atoms with Gasteiger partial charge in [0.1, 0.15) is 12.1 Å². The lowest BCUT2D eigenvalue weighted by atomic mass is 9.98. The molecule has 2 aromatic carbocycles. The van der Waals surface area contributed by atoms with E-state index in [-0.39, 0.29) is 11.8 Å². The van der Waals surface area contributed by atoms with Crippen molar-refractivity contribution in [3.63, 3.8) is 0 Å². The summed E-state index contributed by atoms with van der Waals surface area (Å²) in [5.74, 6) is -0.209. The van der Waals surface area contributed by atoms with Gasteiger partial charge in [0.05, 0.1) is 6.07 Å². The van der Waals surface area contributed by atoms with Crippen LogP contribution in [0.2, 0.25) is 0 Å². The van der Waals surface area contributed by atoms with E-state index in [4.69, 9.17) is 4.74 Å². The highest BCUT2D eigenvalue weighted by Gasteiger charge is 2.25. The molecule has 2 N–H and O–H groups in total. The van der Waals surface area contributed by atoms with Crippen molar-refractivity contribution in [2.75, 3.05) is 26.7 Å². The van der Waals surface area contributed by atoms with Crippen molar-refractivity contribution in [1.82, 2.24) is 15.5 Å². The van der Waals surface area contributed by atoms with E-state index in [1.54, 1.807) is 11.9 Å². The maximum atomic E-state index is 12.4. The number of ether oxygens (including phenoxy) is 1. The third kappa shape index (κ3) is 4.76. The van der Waals surface area contributed by atoms with Crippen molar-refractivity contribution in [1.29, 1.82) is 5.26 Å². The predicted molar refractivity (Wildman–Crippen MR) is 116 cm³/mol. The number of carbonyl (C=O) groups is 2. The molecule has 160 valence electrons. The van der Waals surface area contributed by atoms with Gasteiger partial charge in [0.15, 0.2) is 0 Å². The normalized spacial score (nSPS) is 19.3. The van der Waals surface area contributed by atoms with E-state index in [1.165, 1.54) is 0 Å². The summed E-state index contributed by atoms with van der Waals surface area (Å²) in [6.07, 6.45) is 0.713. The van der Waals surface area contributed by atoms with Crippen LogP contribution in [0, 0.1) is 11.3 Å². The van der Waals surface area contributed by atoms with Crippen LogP contribution in [0.15, 0.2) is 42.5 Å². The van der Waals surface area contributed by atoms with Crippen LogP contribution in [0.5, 0.6) is 0 Å². The third-order valence-corrected chi connectivity index (χ3v) is 5.73. The van der Waals surface area contributed by atoms with Crippen LogP contribution in [0.25, 0.3) is 11.1 Å². The largest absolute Gasteiger partial charge is 0.367 e. The lowest BCUT2D eigenvalue weighted by molar-refractivity contribution is -0.132. The van der Waals surface area contributed by atoms with Crippen molar-refractivity contribution in [2.45, 2.75) is 31.5 Å². The lowest BCUT2D eigenvalue weighted by Gasteiger charge is -2.18.